The number of primary amides is 1. The summed E-state index contributed by atoms with van der Waals surface area (Å²) in [7, 11) is 12.9. The van der Waals surface area contributed by atoms with Crippen LogP contribution in [0.2, 0.25) is 0 Å². The Balaban J connectivity index is 1.91. The number of hydrogen-bond donors (Lipinski definition) is 5. The first-order valence-electron chi connectivity index (χ1n) is 13.4. The number of alkyl halides is 2. The van der Waals surface area contributed by atoms with Gasteiger partial charge in [-0.25, -0.2) is 8.78 Å². The monoisotopic (exact) mass is 573 g/mol. The van der Waals surface area contributed by atoms with E-state index in [1.54, 1.807) is 49.8 Å². The van der Waals surface area contributed by atoms with Crippen molar-refractivity contribution in [1.29, 1.82) is 0 Å². The number of carbonyl (C=O) groups excluding carboxylic acids is 2. The number of anilines is 1. The van der Waals surface area contributed by atoms with Crippen LogP contribution in [-0.4, -0.2) is 114 Å². The molecule has 13 heteroatoms. The first-order chi connectivity index (χ1) is 19.1. The Hall–Kier alpha value is -3.29. The molecule has 0 heterocycles. The maximum atomic E-state index is 14.1. The van der Waals surface area contributed by atoms with Crippen LogP contribution in [0.5, 0.6) is 5.75 Å². The van der Waals surface area contributed by atoms with Crippen molar-refractivity contribution in [3.05, 3.63) is 39.7 Å². The molecule has 6 N–H and O–H groups in total. The number of hydrogen-bond acceptors (Lipinski definition) is 9. The van der Waals surface area contributed by atoms with Gasteiger partial charge in [0.1, 0.15) is 0 Å². The van der Waals surface area contributed by atoms with Gasteiger partial charge in [-0.15, -0.1) is 0 Å². The summed E-state index contributed by atoms with van der Waals surface area (Å²) in [5.41, 5.74) is 3.43. The van der Waals surface area contributed by atoms with Gasteiger partial charge in [0.2, 0.25) is 0 Å². The van der Waals surface area contributed by atoms with Crippen LogP contribution >= 0.6 is 0 Å². The van der Waals surface area contributed by atoms with Crippen molar-refractivity contribution in [2.45, 2.75) is 44.4 Å². The van der Waals surface area contributed by atoms with Gasteiger partial charge in [0.25, 0.3) is 6.43 Å². The summed E-state index contributed by atoms with van der Waals surface area (Å²) < 4.78 is 26.4. The van der Waals surface area contributed by atoms with E-state index in [9.17, 15) is 38.8 Å². The third-order valence-electron chi connectivity index (χ3n) is 8.56. The molecule has 0 aliphatic heterocycles. The fourth-order valence-corrected chi connectivity index (χ4v) is 6.89. The van der Waals surface area contributed by atoms with Gasteiger partial charge in [-0.3, -0.25) is 0 Å². The molecule has 10 nitrogen and oxygen atoms in total. The zero-order valence-electron chi connectivity index (χ0n) is 23.8. The second-order valence-corrected chi connectivity index (χ2v) is 11.4. The van der Waals surface area contributed by atoms with Crippen LogP contribution in [0, 0.1) is 11.8 Å². The van der Waals surface area contributed by atoms with Gasteiger partial charge in [0.15, 0.2) is 0 Å². The molecule has 0 unspecified atom stereocenters. The summed E-state index contributed by atoms with van der Waals surface area (Å²) in [6.45, 7) is 1.76. The fraction of sp³-hybridized carbons (Fsp3) is 0.536. The van der Waals surface area contributed by atoms with E-state index in [4.69, 9.17) is 13.2 Å². The van der Waals surface area contributed by atoms with Crippen molar-refractivity contribution < 1.29 is 38.8 Å². The zero-order chi connectivity index (χ0) is 30.7. The summed E-state index contributed by atoms with van der Waals surface area (Å²) in [5, 5.41) is 45.4. The predicted molar refractivity (Wildman–Crippen MR) is 151 cm³/mol. The number of ketones is 1. The van der Waals surface area contributed by atoms with Crippen LogP contribution in [0.3, 0.4) is 0 Å². The number of carbonyl (C=O) groups is 2. The summed E-state index contributed by atoms with van der Waals surface area (Å²) in [6.07, 6.45) is -2.31. The number of benzene rings is 1. The molecule has 0 saturated heterocycles. The van der Waals surface area contributed by atoms with Crippen LogP contribution < -0.4 is 10.6 Å². The molecule has 4 rings (SSSR count). The number of phenols is 1. The van der Waals surface area contributed by atoms with Crippen LogP contribution in [0.1, 0.15) is 30.0 Å². The average Bonchev–Trinajstić information content (AvgIpc) is 2.84. The first-order valence-corrected chi connectivity index (χ1v) is 13.4. The number of rotatable bonds is 8. The first kappa shape index (κ1) is 30.7. The standard InChI is InChI=1S/C28H36BF2N4O6/c1-6-35(11-17(30)31)10-13-9-16(36)19-14(21(13)33(2)3)7-12-8-15-22(34(4)5)24(38)20(27(32)40)25(29)28(15,41)26(39)18(12)23(19)37/h9,12,15,17,22,36-38,41H,6-8,10-11H2,1-5H3,(H2,32,40)/t12-,15-,22-,28+/m0/s1. The molecule has 0 bridgehead atoms. The fourth-order valence-electron chi connectivity index (χ4n) is 6.89. The molecule has 3 aliphatic carbocycles. The summed E-state index contributed by atoms with van der Waals surface area (Å²) >= 11 is 0. The molecule has 0 spiro atoms. The number of nitrogens with two attached hydrogens (primary N) is 1. The van der Waals surface area contributed by atoms with Crippen molar-refractivity contribution in [2.75, 3.05) is 46.2 Å². The topological polar surface area (TPSA) is 151 Å². The molecule has 1 radical (unpaired) electrons. The van der Waals surface area contributed by atoms with E-state index >= 15 is 0 Å². The second kappa shape index (κ2) is 10.8. The number of aliphatic hydroxyl groups excluding tert-OH is 2. The summed E-state index contributed by atoms with van der Waals surface area (Å²) in [5.74, 6) is -5.05. The van der Waals surface area contributed by atoms with E-state index in [0.29, 0.717) is 23.4 Å². The van der Waals surface area contributed by atoms with E-state index in [2.05, 4.69) is 0 Å². The van der Waals surface area contributed by atoms with E-state index in [1.807, 2.05) is 0 Å². The number of amides is 1. The van der Waals surface area contributed by atoms with Gasteiger partial charge in [0.05, 0.1) is 0 Å². The SMILES string of the molecule is [B]=C1C(C(N)=O)=C(O)[C@@H](N(C)C)[C@@H]2C[C@@H]3Cc4c(c(O)cc(CN(CC)CC(F)F)c4N(C)C)C(O)=C3C(=O)[C@]12O. The Morgan fingerprint density at radius 2 is 1.85 bits per heavy atom. The van der Waals surface area contributed by atoms with E-state index in [1.165, 1.54) is 6.07 Å². The van der Waals surface area contributed by atoms with Gasteiger partial charge in [-0.1, -0.05) is 6.92 Å². The van der Waals surface area contributed by atoms with Crippen molar-refractivity contribution in [3.63, 3.8) is 0 Å². The Labute approximate surface area is 238 Å². The number of aromatic hydroxyl groups is 1. The molecular weight excluding hydrogens is 537 g/mol. The molecule has 221 valence electrons. The minimum atomic E-state index is -2.55. The van der Waals surface area contributed by atoms with Crippen LogP contribution in [-0.2, 0) is 22.6 Å². The number of fused-ring (bicyclic) bond motifs is 3. The van der Waals surface area contributed by atoms with E-state index in [0.717, 1.165) is 0 Å². The van der Waals surface area contributed by atoms with Crippen molar-refractivity contribution >= 4 is 36.1 Å². The molecule has 3 aliphatic rings. The van der Waals surface area contributed by atoms with Crippen molar-refractivity contribution in [2.24, 2.45) is 17.6 Å². The number of Topliss-reactive ketones (excluding diaryl/α,β-unsaturated/α-hetero) is 1. The van der Waals surface area contributed by atoms with Crippen LogP contribution in [0.15, 0.2) is 23.0 Å². The van der Waals surface area contributed by atoms with Crippen molar-refractivity contribution in [1.82, 2.24) is 9.80 Å². The molecule has 1 amide bonds. The minimum absolute atomic E-state index is 0.00284. The predicted octanol–water partition coefficient (Wildman–Crippen LogP) is 0.889. The summed E-state index contributed by atoms with van der Waals surface area (Å²) in [4.78, 5) is 31.2. The maximum absolute atomic E-state index is 14.1. The van der Waals surface area contributed by atoms with Gasteiger partial charge < -0.3 is 0 Å². The Morgan fingerprint density at radius 1 is 1.22 bits per heavy atom. The number of likely N-dealkylation sites (N-methyl/N-ethyl adjacent to an activating group) is 1. The number of halogens is 2. The normalized spacial score (nSPS) is 26.0. The third kappa shape index (κ3) is 4.73. The molecule has 1 saturated carbocycles. The van der Waals surface area contributed by atoms with Crippen molar-refractivity contribution in [3.8, 4) is 5.75 Å². The van der Waals surface area contributed by atoms with Crippen LogP contribution in [0.4, 0.5) is 14.5 Å². The molecule has 4 atom stereocenters. The van der Waals surface area contributed by atoms with E-state index < -0.39 is 70.7 Å². The Morgan fingerprint density at radius 3 is 2.37 bits per heavy atom. The summed E-state index contributed by atoms with van der Waals surface area (Å²) in [6, 6.07) is 0.392. The Kier molecular flexibility index (Phi) is 8.11. The number of phenolic OH excluding ortho intramolecular Hbond substituents is 1. The quantitative estimate of drug-likeness (QED) is 0.286. The van der Waals surface area contributed by atoms with Gasteiger partial charge in [0, 0.05) is 0 Å². The molecule has 1 aromatic rings. The van der Waals surface area contributed by atoms with Gasteiger partial charge in [-0.2, -0.15) is 0 Å². The van der Waals surface area contributed by atoms with Gasteiger partial charge in [-0.05, 0) is 0 Å². The third-order valence-corrected chi connectivity index (χ3v) is 8.56. The zero-order valence-corrected chi connectivity index (χ0v) is 23.8. The molecular formula is C28H36BF2N4O6. The Bertz CT molecular complexity index is 1380. The number of nitrogens with zero attached hydrogens (tertiary/aromatic N) is 3. The number of aliphatic hydroxyl groups is 3. The van der Waals surface area contributed by atoms with Gasteiger partial charge >= 0.3 is 216 Å². The molecule has 1 aromatic carbocycles. The average molecular weight is 573 g/mol. The van der Waals surface area contributed by atoms with E-state index in [-0.39, 0.29) is 36.3 Å². The molecule has 41 heavy (non-hydrogen) atoms. The molecule has 0 aromatic heterocycles. The second-order valence-electron chi connectivity index (χ2n) is 11.4. The molecule has 1 fully saturated rings. The van der Waals surface area contributed by atoms with Crippen LogP contribution in [0.25, 0.3) is 5.76 Å².